The van der Waals surface area contributed by atoms with E-state index in [1.807, 2.05) is 36.5 Å². The summed E-state index contributed by atoms with van der Waals surface area (Å²) in [6, 6.07) is 12.3. The molecule has 1 aromatic carbocycles. The zero-order valence-electron chi connectivity index (χ0n) is 11.5. The highest BCUT2D eigenvalue weighted by Crippen LogP contribution is 2.34. The van der Waals surface area contributed by atoms with Crippen molar-refractivity contribution in [2.24, 2.45) is 0 Å². The molecule has 1 atom stereocenters. The molecule has 0 bridgehead atoms. The van der Waals surface area contributed by atoms with Crippen molar-refractivity contribution >= 4 is 0 Å². The molecule has 1 aliphatic heterocycles. The maximum atomic E-state index is 5.84. The summed E-state index contributed by atoms with van der Waals surface area (Å²) in [5, 5.41) is 3.49. The fourth-order valence-electron chi connectivity index (χ4n) is 2.44. The quantitative estimate of drug-likeness (QED) is 0.925. The van der Waals surface area contributed by atoms with E-state index < -0.39 is 0 Å². The number of para-hydroxylation sites is 1. The summed E-state index contributed by atoms with van der Waals surface area (Å²) in [5.74, 6) is 1.69. The van der Waals surface area contributed by atoms with Gasteiger partial charge in [0.15, 0.2) is 11.5 Å². The van der Waals surface area contributed by atoms with E-state index in [2.05, 4.69) is 16.4 Å². The normalized spacial score (nSPS) is 17.1. The van der Waals surface area contributed by atoms with Gasteiger partial charge in [-0.2, -0.15) is 0 Å². The average Bonchev–Trinajstić information content (AvgIpc) is 2.53. The molecular weight excluding hydrogens is 252 g/mol. The lowest BCUT2D eigenvalue weighted by Crippen LogP contribution is -2.39. The van der Waals surface area contributed by atoms with Gasteiger partial charge < -0.3 is 14.8 Å². The van der Waals surface area contributed by atoms with Gasteiger partial charge in [-0.3, -0.25) is 4.98 Å². The molecule has 0 spiro atoms. The van der Waals surface area contributed by atoms with Gasteiger partial charge in [-0.05, 0) is 30.2 Å². The molecule has 104 valence electrons. The number of nitrogens with one attached hydrogen (secondary N) is 1. The van der Waals surface area contributed by atoms with Crippen LogP contribution >= 0.6 is 0 Å². The molecule has 2 heterocycles. The van der Waals surface area contributed by atoms with Crippen LogP contribution in [0.5, 0.6) is 11.5 Å². The van der Waals surface area contributed by atoms with Crippen molar-refractivity contribution in [3.8, 4) is 11.5 Å². The van der Waals surface area contributed by atoms with Gasteiger partial charge in [0.1, 0.15) is 6.61 Å². The van der Waals surface area contributed by atoms with Crippen molar-refractivity contribution in [3.05, 3.63) is 53.9 Å². The smallest absolute Gasteiger partial charge is 0.164 e. The lowest BCUT2D eigenvalue weighted by molar-refractivity contribution is 0.226. The van der Waals surface area contributed by atoms with Crippen molar-refractivity contribution in [1.29, 1.82) is 0 Å². The zero-order chi connectivity index (χ0) is 13.8. The molecule has 4 nitrogen and oxygen atoms in total. The summed E-state index contributed by atoms with van der Waals surface area (Å²) < 4.78 is 11.2. The first-order valence-corrected chi connectivity index (χ1v) is 6.79. The Hall–Kier alpha value is -2.07. The predicted octanol–water partition coefficient (Wildman–Crippen LogP) is 2.18. The number of pyridine rings is 1. The lowest BCUT2D eigenvalue weighted by atomic mass is 10.0. The molecule has 2 aromatic rings. The van der Waals surface area contributed by atoms with Crippen LogP contribution in [0, 0.1) is 0 Å². The van der Waals surface area contributed by atoms with Crippen molar-refractivity contribution in [3.63, 3.8) is 0 Å². The monoisotopic (exact) mass is 270 g/mol. The molecule has 0 aliphatic carbocycles. The van der Waals surface area contributed by atoms with Crippen LogP contribution in [-0.2, 0) is 13.0 Å². The minimum atomic E-state index is 0.302. The Balaban J connectivity index is 1.64. The third kappa shape index (κ3) is 2.75. The van der Waals surface area contributed by atoms with Crippen molar-refractivity contribution in [2.75, 3.05) is 13.7 Å². The van der Waals surface area contributed by atoms with E-state index in [0.717, 1.165) is 30.2 Å². The molecule has 4 heteroatoms. The van der Waals surface area contributed by atoms with E-state index in [-0.39, 0.29) is 0 Å². The van der Waals surface area contributed by atoms with Crippen molar-refractivity contribution < 1.29 is 9.47 Å². The molecule has 1 aromatic heterocycles. The van der Waals surface area contributed by atoms with E-state index in [1.165, 1.54) is 5.56 Å². The number of ether oxygens (including phenoxy) is 2. The van der Waals surface area contributed by atoms with Gasteiger partial charge in [-0.25, -0.2) is 0 Å². The third-order valence-corrected chi connectivity index (χ3v) is 3.47. The van der Waals surface area contributed by atoms with Crippen LogP contribution in [0.25, 0.3) is 0 Å². The highest BCUT2D eigenvalue weighted by molar-refractivity contribution is 5.48. The van der Waals surface area contributed by atoms with E-state index in [9.17, 15) is 0 Å². The van der Waals surface area contributed by atoms with Gasteiger partial charge in [0.25, 0.3) is 0 Å². The fraction of sp³-hybridized carbons (Fsp3) is 0.312. The first-order valence-electron chi connectivity index (χ1n) is 6.79. The molecule has 1 N–H and O–H groups in total. The van der Waals surface area contributed by atoms with Gasteiger partial charge in [0.05, 0.1) is 12.8 Å². The molecule has 0 radical (unpaired) electrons. The van der Waals surface area contributed by atoms with E-state index in [0.29, 0.717) is 12.6 Å². The molecule has 3 rings (SSSR count). The second-order valence-electron chi connectivity index (χ2n) is 4.86. The van der Waals surface area contributed by atoms with Crippen LogP contribution in [0.15, 0.2) is 42.6 Å². The van der Waals surface area contributed by atoms with Crippen LogP contribution in [0.1, 0.15) is 11.3 Å². The van der Waals surface area contributed by atoms with Gasteiger partial charge >= 0.3 is 0 Å². The number of aromatic nitrogens is 1. The third-order valence-electron chi connectivity index (χ3n) is 3.47. The molecule has 0 unspecified atom stereocenters. The maximum Gasteiger partial charge on any atom is 0.164 e. The number of nitrogens with zero attached hydrogens (tertiary/aromatic N) is 1. The summed E-state index contributed by atoms with van der Waals surface area (Å²) in [5.41, 5.74) is 2.23. The summed E-state index contributed by atoms with van der Waals surface area (Å²) in [6.07, 6.45) is 2.76. The minimum absolute atomic E-state index is 0.302. The lowest BCUT2D eigenvalue weighted by Gasteiger charge is -2.27. The van der Waals surface area contributed by atoms with Crippen LogP contribution in [-0.4, -0.2) is 24.7 Å². The summed E-state index contributed by atoms with van der Waals surface area (Å²) in [7, 11) is 1.67. The van der Waals surface area contributed by atoms with Gasteiger partial charge in [0.2, 0.25) is 0 Å². The molecule has 0 amide bonds. The van der Waals surface area contributed by atoms with Gasteiger partial charge in [-0.1, -0.05) is 18.2 Å². The average molecular weight is 270 g/mol. The van der Waals surface area contributed by atoms with Crippen molar-refractivity contribution in [1.82, 2.24) is 10.3 Å². The van der Waals surface area contributed by atoms with Crippen molar-refractivity contribution in [2.45, 2.75) is 19.0 Å². The Morgan fingerprint density at radius 3 is 3.05 bits per heavy atom. The number of benzene rings is 1. The number of fused-ring (bicyclic) bond motifs is 1. The fourth-order valence-corrected chi connectivity index (χ4v) is 2.44. The van der Waals surface area contributed by atoms with Crippen LogP contribution in [0.4, 0.5) is 0 Å². The minimum Gasteiger partial charge on any atom is -0.493 e. The number of rotatable bonds is 4. The molecular formula is C16H18N2O2. The largest absolute Gasteiger partial charge is 0.493 e. The number of hydrogen-bond donors (Lipinski definition) is 1. The maximum absolute atomic E-state index is 5.84. The highest BCUT2D eigenvalue weighted by Gasteiger charge is 2.22. The first-order chi connectivity index (χ1) is 9.86. The Morgan fingerprint density at radius 2 is 2.25 bits per heavy atom. The van der Waals surface area contributed by atoms with E-state index in [1.54, 1.807) is 7.11 Å². The van der Waals surface area contributed by atoms with Crippen LogP contribution < -0.4 is 14.8 Å². The Morgan fingerprint density at radius 1 is 1.30 bits per heavy atom. The van der Waals surface area contributed by atoms with Gasteiger partial charge in [-0.15, -0.1) is 0 Å². The second kappa shape index (κ2) is 5.92. The Bertz CT molecular complexity index is 572. The SMILES string of the molecule is COc1cccc2c1OC[C@H](NCc1ccccn1)C2. The second-order valence-corrected chi connectivity index (χ2v) is 4.86. The highest BCUT2D eigenvalue weighted by atomic mass is 16.5. The van der Waals surface area contributed by atoms with Crippen LogP contribution in [0.2, 0.25) is 0 Å². The van der Waals surface area contributed by atoms with E-state index >= 15 is 0 Å². The van der Waals surface area contributed by atoms with E-state index in [4.69, 9.17) is 9.47 Å². The zero-order valence-corrected chi connectivity index (χ0v) is 11.5. The summed E-state index contributed by atoms with van der Waals surface area (Å²) in [4.78, 5) is 4.31. The summed E-state index contributed by atoms with van der Waals surface area (Å²) >= 11 is 0. The number of methoxy groups -OCH3 is 1. The molecule has 1 aliphatic rings. The number of hydrogen-bond acceptors (Lipinski definition) is 4. The molecule has 0 fully saturated rings. The standard InChI is InChI=1S/C16H18N2O2/c1-19-15-7-4-5-12-9-14(11-20-16(12)15)18-10-13-6-2-3-8-17-13/h2-8,14,18H,9-11H2,1H3/t14-/m1/s1. The Kier molecular flexibility index (Phi) is 3.83. The molecule has 0 saturated carbocycles. The van der Waals surface area contributed by atoms with Crippen LogP contribution in [0.3, 0.4) is 0 Å². The van der Waals surface area contributed by atoms with Gasteiger partial charge in [0, 0.05) is 18.8 Å². The first kappa shape index (κ1) is 12.9. The predicted molar refractivity (Wildman–Crippen MR) is 77.1 cm³/mol. The Labute approximate surface area is 118 Å². The molecule has 20 heavy (non-hydrogen) atoms. The topological polar surface area (TPSA) is 43.4 Å². The molecule has 0 saturated heterocycles. The summed E-state index contributed by atoms with van der Waals surface area (Å²) in [6.45, 7) is 1.41.